The summed E-state index contributed by atoms with van der Waals surface area (Å²) in [6, 6.07) is 15.4. The van der Waals surface area contributed by atoms with Crippen LogP contribution in [0.25, 0.3) is 10.2 Å². The van der Waals surface area contributed by atoms with Gasteiger partial charge in [-0.25, -0.2) is 22.6 Å². The van der Waals surface area contributed by atoms with Gasteiger partial charge in [-0.15, -0.1) is 23.1 Å². The first-order chi connectivity index (χ1) is 15.2. The average Bonchev–Trinajstić information content (AvgIpc) is 3.15. The third-order valence-corrected chi connectivity index (χ3v) is 8.23. The Labute approximate surface area is 192 Å². The highest BCUT2D eigenvalue weighted by molar-refractivity contribution is 7.98. The van der Waals surface area contributed by atoms with E-state index in [0.29, 0.717) is 22.5 Å². The van der Waals surface area contributed by atoms with Gasteiger partial charge in [-0.3, -0.25) is 4.72 Å². The fraction of sp³-hybridized carbons (Fsp3) is 0.0909. The van der Waals surface area contributed by atoms with Crippen LogP contribution in [-0.2, 0) is 15.8 Å². The molecule has 164 valence electrons. The van der Waals surface area contributed by atoms with Crippen molar-refractivity contribution >= 4 is 55.0 Å². The maximum Gasteiger partial charge on any atom is 0.335 e. The number of fused-ring (bicyclic) bond motifs is 1. The fourth-order valence-corrected chi connectivity index (χ4v) is 5.91. The lowest BCUT2D eigenvalue weighted by Gasteiger charge is -2.10. The SMILES string of the molecule is Cc1ccc(S(=O)(=O)Nc2ccc(SCc3nc4cc(F)ccc4s3)cc2)cc1C(=O)O. The number of carbonyl (C=O) groups is 1. The molecule has 6 nitrogen and oxygen atoms in total. The molecule has 0 saturated carbocycles. The van der Waals surface area contributed by atoms with Crippen molar-refractivity contribution in [2.75, 3.05) is 4.72 Å². The number of carboxylic acid groups (broad SMARTS) is 1. The molecule has 1 aromatic heterocycles. The zero-order valence-electron chi connectivity index (χ0n) is 16.7. The summed E-state index contributed by atoms with van der Waals surface area (Å²) in [6.45, 7) is 1.61. The summed E-state index contributed by atoms with van der Waals surface area (Å²) in [5.41, 5.74) is 1.42. The molecular weight excluding hydrogens is 471 g/mol. The first-order valence-corrected chi connectivity index (χ1v) is 12.6. The van der Waals surface area contributed by atoms with E-state index in [-0.39, 0.29) is 16.3 Å². The lowest BCUT2D eigenvalue weighted by atomic mass is 10.1. The van der Waals surface area contributed by atoms with Crippen LogP contribution in [0.3, 0.4) is 0 Å². The molecule has 0 saturated heterocycles. The van der Waals surface area contributed by atoms with Crippen LogP contribution in [0.2, 0.25) is 0 Å². The summed E-state index contributed by atoms with van der Waals surface area (Å²) >= 11 is 3.04. The van der Waals surface area contributed by atoms with E-state index in [1.807, 2.05) is 0 Å². The number of aryl methyl sites for hydroxylation is 1. The normalized spacial score (nSPS) is 11.6. The zero-order chi connectivity index (χ0) is 22.9. The van der Waals surface area contributed by atoms with Crippen molar-refractivity contribution in [3.05, 3.63) is 82.6 Å². The number of sulfonamides is 1. The summed E-state index contributed by atoms with van der Waals surface area (Å²) in [6.07, 6.45) is 0. The Bertz CT molecular complexity index is 1420. The van der Waals surface area contributed by atoms with E-state index < -0.39 is 16.0 Å². The van der Waals surface area contributed by atoms with Crippen LogP contribution < -0.4 is 4.72 Å². The number of carboxylic acids is 1. The summed E-state index contributed by atoms with van der Waals surface area (Å²) in [4.78, 5) is 16.5. The first-order valence-electron chi connectivity index (χ1n) is 9.36. The van der Waals surface area contributed by atoms with Crippen molar-refractivity contribution in [1.82, 2.24) is 4.98 Å². The van der Waals surface area contributed by atoms with Gasteiger partial charge in [-0.1, -0.05) is 6.07 Å². The molecule has 0 fully saturated rings. The Hall–Kier alpha value is -2.95. The lowest BCUT2D eigenvalue weighted by molar-refractivity contribution is 0.0696. The number of benzene rings is 3. The molecule has 1 heterocycles. The van der Waals surface area contributed by atoms with Crippen LogP contribution in [-0.4, -0.2) is 24.5 Å². The molecule has 3 aromatic carbocycles. The van der Waals surface area contributed by atoms with Gasteiger partial charge in [0.25, 0.3) is 10.0 Å². The molecule has 32 heavy (non-hydrogen) atoms. The Morgan fingerprint density at radius 1 is 1.12 bits per heavy atom. The maximum atomic E-state index is 13.3. The topological polar surface area (TPSA) is 96.4 Å². The number of rotatable bonds is 7. The van der Waals surface area contributed by atoms with E-state index in [2.05, 4.69) is 9.71 Å². The van der Waals surface area contributed by atoms with Gasteiger partial charge in [-0.05, 0) is 61.0 Å². The first kappa shape index (κ1) is 22.3. The van der Waals surface area contributed by atoms with Crippen molar-refractivity contribution in [3.63, 3.8) is 0 Å². The van der Waals surface area contributed by atoms with Crippen molar-refractivity contribution in [3.8, 4) is 0 Å². The molecule has 0 spiro atoms. The summed E-state index contributed by atoms with van der Waals surface area (Å²) in [5, 5.41) is 10.1. The molecular formula is C22H17FN2O4S3. The van der Waals surface area contributed by atoms with Gasteiger partial charge in [0.1, 0.15) is 10.8 Å². The smallest absolute Gasteiger partial charge is 0.335 e. The number of hydrogen-bond donors (Lipinski definition) is 2. The second-order valence-electron chi connectivity index (χ2n) is 6.92. The van der Waals surface area contributed by atoms with Gasteiger partial charge in [0, 0.05) is 16.6 Å². The lowest BCUT2D eigenvalue weighted by Crippen LogP contribution is -2.14. The van der Waals surface area contributed by atoms with Crippen LogP contribution in [0.4, 0.5) is 10.1 Å². The van der Waals surface area contributed by atoms with E-state index in [1.54, 1.807) is 37.3 Å². The largest absolute Gasteiger partial charge is 0.478 e. The number of thiazole rings is 1. The second-order valence-corrected chi connectivity index (χ2v) is 10.8. The molecule has 0 aliphatic rings. The number of aromatic carboxylic acids is 1. The zero-order valence-corrected chi connectivity index (χ0v) is 19.2. The molecule has 0 aliphatic carbocycles. The Kier molecular flexibility index (Phi) is 6.18. The molecule has 4 aromatic rings. The summed E-state index contributed by atoms with van der Waals surface area (Å²) in [7, 11) is -3.93. The number of hydrogen-bond acceptors (Lipinski definition) is 6. The quantitative estimate of drug-likeness (QED) is 0.332. The van der Waals surface area contributed by atoms with Crippen molar-refractivity contribution in [2.24, 2.45) is 0 Å². The van der Waals surface area contributed by atoms with Crippen LogP contribution in [0.1, 0.15) is 20.9 Å². The highest BCUT2D eigenvalue weighted by atomic mass is 32.2. The van der Waals surface area contributed by atoms with Gasteiger partial charge in [0.2, 0.25) is 0 Å². The molecule has 0 unspecified atom stereocenters. The van der Waals surface area contributed by atoms with Crippen molar-refractivity contribution < 1.29 is 22.7 Å². The number of halogens is 1. The second kappa shape index (κ2) is 8.89. The Morgan fingerprint density at radius 2 is 1.88 bits per heavy atom. The van der Waals surface area contributed by atoms with E-state index >= 15 is 0 Å². The van der Waals surface area contributed by atoms with Crippen LogP contribution in [0.15, 0.2) is 70.5 Å². The minimum atomic E-state index is -3.93. The maximum absolute atomic E-state index is 13.3. The van der Waals surface area contributed by atoms with E-state index in [4.69, 9.17) is 0 Å². The van der Waals surface area contributed by atoms with Crippen LogP contribution in [0, 0.1) is 12.7 Å². The van der Waals surface area contributed by atoms with Gasteiger partial charge >= 0.3 is 5.97 Å². The summed E-state index contributed by atoms with van der Waals surface area (Å²) < 4.78 is 42.0. The molecule has 10 heteroatoms. The monoisotopic (exact) mass is 488 g/mol. The number of nitrogens with one attached hydrogen (secondary N) is 1. The molecule has 0 bridgehead atoms. The minimum Gasteiger partial charge on any atom is -0.478 e. The Balaban J connectivity index is 1.44. The predicted octanol–water partition coefficient (Wildman–Crippen LogP) is 5.54. The molecule has 4 rings (SSSR count). The third kappa shape index (κ3) is 4.93. The van der Waals surface area contributed by atoms with E-state index in [0.717, 1.165) is 20.7 Å². The molecule has 0 aliphatic heterocycles. The predicted molar refractivity (Wildman–Crippen MR) is 125 cm³/mol. The standard InChI is InChI=1S/C22H17FN2O4S3/c1-13-2-8-17(11-18(13)22(26)27)32(28,29)25-15-4-6-16(7-5-15)30-12-21-24-19-10-14(23)3-9-20(19)31-21/h2-11,25H,12H2,1H3,(H,26,27). The highest BCUT2D eigenvalue weighted by Gasteiger charge is 2.18. The molecule has 0 radical (unpaired) electrons. The van der Waals surface area contributed by atoms with Crippen molar-refractivity contribution in [1.29, 1.82) is 0 Å². The number of nitrogens with zero attached hydrogens (tertiary/aromatic N) is 1. The number of thioether (sulfide) groups is 1. The van der Waals surface area contributed by atoms with Gasteiger partial charge in [0.05, 0.1) is 26.4 Å². The fourth-order valence-electron chi connectivity index (χ4n) is 2.99. The number of anilines is 1. The van der Waals surface area contributed by atoms with Gasteiger partial charge in [0.15, 0.2) is 0 Å². The highest BCUT2D eigenvalue weighted by Crippen LogP contribution is 2.30. The van der Waals surface area contributed by atoms with Gasteiger partial charge in [-0.2, -0.15) is 0 Å². The van der Waals surface area contributed by atoms with Crippen molar-refractivity contribution in [2.45, 2.75) is 22.5 Å². The van der Waals surface area contributed by atoms with E-state index in [9.17, 15) is 22.7 Å². The average molecular weight is 489 g/mol. The van der Waals surface area contributed by atoms with Gasteiger partial charge < -0.3 is 5.11 Å². The summed E-state index contributed by atoms with van der Waals surface area (Å²) in [5.74, 6) is -0.892. The molecule has 0 atom stereocenters. The van der Waals surface area contributed by atoms with Crippen LogP contribution in [0.5, 0.6) is 0 Å². The van der Waals surface area contributed by atoms with E-state index in [1.165, 1.54) is 47.4 Å². The molecule has 2 N–H and O–H groups in total. The minimum absolute atomic E-state index is 0.0581. The third-order valence-electron chi connectivity index (χ3n) is 4.61. The van der Waals surface area contributed by atoms with Crippen LogP contribution >= 0.6 is 23.1 Å². The molecule has 0 amide bonds. The Morgan fingerprint density at radius 3 is 2.59 bits per heavy atom. The number of aromatic nitrogens is 1.